The Hall–Kier alpha value is -1.84. The molecule has 1 aromatic carbocycles. The fraction of sp³-hybridized carbons (Fsp3) is 0.222. The molecule has 2 nitrogen and oxygen atoms in total. The van der Waals surface area contributed by atoms with Gasteiger partial charge in [-0.2, -0.15) is 0 Å². The summed E-state index contributed by atoms with van der Waals surface area (Å²) < 4.78 is 5.38. The van der Waals surface area contributed by atoms with Crippen LogP contribution in [0.15, 0.2) is 65.3 Å². The van der Waals surface area contributed by atoms with Crippen LogP contribution in [0.2, 0.25) is 0 Å². The van der Waals surface area contributed by atoms with Gasteiger partial charge in [0.15, 0.2) is 0 Å². The first-order valence-corrected chi connectivity index (χ1v) is 8.03. The Bertz CT molecular complexity index is 658. The molecule has 3 heteroatoms. The predicted molar refractivity (Wildman–Crippen MR) is 88.5 cm³/mol. The van der Waals surface area contributed by atoms with Gasteiger partial charge in [0.2, 0.25) is 0 Å². The number of benzene rings is 1. The van der Waals surface area contributed by atoms with Gasteiger partial charge in [-0.05, 0) is 36.8 Å². The molecule has 0 radical (unpaired) electrons. The average molecular weight is 297 g/mol. The molecule has 1 atom stereocenters. The third-order valence-electron chi connectivity index (χ3n) is 3.43. The van der Waals surface area contributed by atoms with Crippen LogP contribution in [0.5, 0.6) is 0 Å². The lowest BCUT2D eigenvalue weighted by molar-refractivity contribution is 0.457. The molecule has 108 valence electrons. The van der Waals surface area contributed by atoms with Crippen LogP contribution in [0.25, 0.3) is 10.4 Å². The van der Waals surface area contributed by atoms with Crippen LogP contribution in [0.3, 0.4) is 0 Å². The van der Waals surface area contributed by atoms with Crippen molar-refractivity contribution in [3.05, 3.63) is 71.5 Å². The summed E-state index contributed by atoms with van der Waals surface area (Å²) in [6, 6.07) is 19.3. The van der Waals surface area contributed by atoms with Gasteiger partial charge in [-0.25, -0.2) is 0 Å². The van der Waals surface area contributed by atoms with E-state index in [-0.39, 0.29) is 0 Å². The highest BCUT2D eigenvalue weighted by molar-refractivity contribution is 7.15. The largest absolute Gasteiger partial charge is 0.469 e. The Labute approximate surface area is 129 Å². The van der Waals surface area contributed by atoms with Crippen LogP contribution < -0.4 is 5.32 Å². The maximum atomic E-state index is 5.38. The van der Waals surface area contributed by atoms with Crippen molar-refractivity contribution >= 4 is 11.3 Å². The molecule has 1 N–H and O–H groups in total. The van der Waals surface area contributed by atoms with E-state index in [2.05, 4.69) is 54.7 Å². The molecule has 0 spiro atoms. The van der Waals surface area contributed by atoms with E-state index >= 15 is 0 Å². The summed E-state index contributed by atoms with van der Waals surface area (Å²) in [6.45, 7) is 3.09. The van der Waals surface area contributed by atoms with E-state index in [0.717, 1.165) is 18.7 Å². The van der Waals surface area contributed by atoms with Crippen molar-refractivity contribution in [1.82, 2.24) is 5.32 Å². The maximum absolute atomic E-state index is 5.38. The summed E-state index contributed by atoms with van der Waals surface area (Å²) >= 11 is 1.85. The van der Waals surface area contributed by atoms with Crippen LogP contribution in [-0.2, 0) is 13.0 Å². The van der Waals surface area contributed by atoms with Crippen molar-refractivity contribution in [2.75, 3.05) is 0 Å². The highest BCUT2D eigenvalue weighted by Gasteiger charge is 2.07. The van der Waals surface area contributed by atoms with Gasteiger partial charge in [0.25, 0.3) is 0 Å². The van der Waals surface area contributed by atoms with Gasteiger partial charge in [0.05, 0.1) is 6.26 Å². The Balaban J connectivity index is 1.55. The molecule has 2 heterocycles. The first kappa shape index (κ1) is 14.1. The zero-order valence-electron chi connectivity index (χ0n) is 12.1. The molecule has 0 saturated heterocycles. The standard InChI is InChI=1S/C18H19NOS/c1-14(12-16-8-5-11-20-16)19-13-17-9-10-18(21-17)15-6-3-2-4-7-15/h2-11,14,19H,12-13H2,1H3. The quantitative estimate of drug-likeness (QED) is 0.711. The van der Waals surface area contributed by atoms with Crippen molar-refractivity contribution in [2.24, 2.45) is 0 Å². The maximum Gasteiger partial charge on any atom is 0.105 e. The summed E-state index contributed by atoms with van der Waals surface area (Å²) in [6.07, 6.45) is 2.65. The lowest BCUT2D eigenvalue weighted by Gasteiger charge is -2.11. The van der Waals surface area contributed by atoms with Crippen LogP contribution in [-0.4, -0.2) is 6.04 Å². The van der Waals surface area contributed by atoms with Gasteiger partial charge < -0.3 is 9.73 Å². The second-order valence-corrected chi connectivity index (χ2v) is 6.37. The number of furan rings is 1. The van der Waals surface area contributed by atoms with Gasteiger partial charge in [-0.1, -0.05) is 30.3 Å². The van der Waals surface area contributed by atoms with Gasteiger partial charge >= 0.3 is 0 Å². The first-order valence-electron chi connectivity index (χ1n) is 7.21. The fourth-order valence-electron chi connectivity index (χ4n) is 2.31. The number of hydrogen-bond donors (Lipinski definition) is 1. The molecule has 0 saturated carbocycles. The van der Waals surface area contributed by atoms with Gasteiger partial charge in [-0.3, -0.25) is 0 Å². The third kappa shape index (κ3) is 3.84. The normalized spacial score (nSPS) is 12.4. The second-order valence-electron chi connectivity index (χ2n) is 5.20. The summed E-state index contributed by atoms with van der Waals surface area (Å²) in [5.74, 6) is 1.03. The number of thiophene rings is 1. The lowest BCUT2D eigenvalue weighted by Crippen LogP contribution is -2.26. The minimum absolute atomic E-state index is 0.401. The SMILES string of the molecule is CC(Cc1ccco1)NCc1ccc(-c2ccccc2)s1. The molecular weight excluding hydrogens is 278 g/mol. The molecule has 0 aliphatic rings. The summed E-state index contributed by atoms with van der Waals surface area (Å²) in [5, 5.41) is 3.55. The Morgan fingerprint density at radius 3 is 2.67 bits per heavy atom. The average Bonchev–Trinajstić information content (AvgIpc) is 3.17. The van der Waals surface area contributed by atoms with Crippen molar-refractivity contribution in [3.63, 3.8) is 0 Å². The second kappa shape index (κ2) is 6.74. The van der Waals surface area contributed by atoms with Crippen molar-refractivity contribution in [2.45, 2.75) is 25.9 Å². The summed E-state index contributed by atoms with van der Waals surface area (Å²) in [5.41, 5.74) is 1.29. The first-order chi connectivity index (χ1) is 10.3. The van der Waals surface area contributed by atoms with E-state index in [0.29, 0.717) is 6.04 Å². The van der Waals surface area contributed by atoms with E-state index in [4.69, 9.17) is 4.42 Å². The molecule has 0 aliphatic carbocycles. The van der Waals surface area contributed by atoms with Crippen molar-refractivity contribution < 1.29 is 4.42 Å². The number of hydrogen-bond acceptors (Lipinski definition) is 3. The van der Waals surface area contributed by atoms with Crippen molar-refractivity contribution in [1.29, 1.82) is 0 Å². The Kier molecular flexibility index (Phi) is 4.53. The Morgan fingerprint density at radius 1 is 1.05 bits per heavy atom. The van der Waals surface area contributed by atoms with Gasteiger partial charge in [0, 0.05) is 28.8 Å². The molecular formula is C18H19NOS. The summed E-state index contributed by atoms with van der Waals surface area (Å²) in [7, 11) is 0. The van der Waals surface area contributed by atoms with Crippen molar-refractivity contribution in [3.8, 4) is 10.4 Å². The van der Waals surface area contributed by atoms with E-state index in [1.54, 1.807) is 6.26 Å². The molecule has 2 aromatic heterocycles. The zero-order valence-corrected chi connectivity index (χ0v) is 12.9. The van der Waals surface area contributed by atoms with Crippen LogP contribution in [0.1, 0.15) is 17.6 Å². The molecule has 0 aliphatic heterocycles. The topological polar surface area (TPSA) is 25.2 Å². The molecule has 0 amide bonds. The van der Waals surface area contributed by atoms with E-state index in [9.17, 15) is 0 Å². The van der Waals surface area contributed by atoms with E-state index in [1.807, 2.05) is 23.5 Å². The minimum Gasteiger partial charge on any atom is -0.469 e. The molecule has 21 heavy (non-hydrogen) atoms. The molecule has 3 aromatic rings. The Morgan fingerprint density at radius 2 is 1.90 bits per heavy atom. The van der Waals surface area contributed by atoms with Crippen LogP contribution in [0.4, 0.5) is 0 Å². The van der Waals surface area contributed by atoms with E-state index < -0.39 is 0 Å². The summed E-state index contributed by atoms with van der Waals surface area (Å²) in [4.78, 5) is 2.69. The van der Waals surface area contributed by atoms with Gasteiger partial charge in [-0.15, -0.1) is 11.3 Å². The van der Waals surface area contributed by atoms with E-state index in [1.165, 1.54) is 15.3 Å². The highest BCUT2D eigenvalue weighted by atomic mass is 32.1. The molecule has 3 rings (SSSR count). The lowest BCUT2D eigenvalue weighted by atomic mass is 10.2. The molecule has 1 unspecified atom stereocenters. The molecule has 0 bridgehead atoms. The van der Waals surface area contributed by atoms with Crippen LogP contribution >= 0.6 is 11.3 Å². The van der Waals surface area contributed by atoms with Crippen LogP contribution in [0, 0.1) is 0 Å². The van der Waals surface area contributed by atoms with Gasteiger partial charge in [0.1, 0.15) is 5.76 Å². The highest BCUT2D eigenvalue weighted by Crippen LogP contribution is 2.27. The predicted octanol–water partition coefficient (Wildman–Crippen LogP) is 4.73. The third-order valence-corrected chi connectivity index (χ3v) is 4.57. The number of nitrogens with one attached hydrogen (secondary N) is 1. The fourth-order valence-corrected chi connectivity index (χ4v) is 3.27. The zero-order chi connectivity index (χ0) is 14.5. The number of rotatable bonds is 6. The smallest absolute Gasteiger partial charge is 0.105 e. The molecule has 0 fully saturated rings. The minimum atomic E-state index is 0.401. The monoisotopic (exact) mass is 297 g/mol.